The van der Waals surface area contributed by atoms with Crippen LogP contribution >= 0.6 is 23.4 Å². The molecule has 102 valence electrons. The van der Waals surface area contributed by atoms with E-state index in [0.29, 0.717) is 6.04 Å². The lowest BCUT2D eigenvalue weighted by Crippen LogP contribution is -2.33. The number of hydrogen-bond acceptors (Lipinski definition) is 3. The maximum atomic E-state index is 6.40. The molecule has 1 aromatic rings. The van der Waals surface area contributed by atoms with Gasteiger partial charge in [-0.1, -0.05) is 18.5 Å². The van der Waals surface area contributed by atoms with Gasteiger partial charge in [0.25, 0.3) is 0 Å². The fourth-order valence-corrected chi connectivity index (χ4v) is 3.77. The maximum Gasteiger partial charge on any atom is 0.0863 e. The van der Waals surface area contributed by atoms with Crippen LogP contribution in [0.2, 0.25) is 5.02 Å². The third kappa shape index (κ3) is 3.22. The first-order valence-corrected chi connectivity index (χ1v) is 8.34. The Morgan fingerprint density at radius 3 is 2.94 bits per heavy atom. The summed E-state index contributed by atoms with van der Waals surface area (Å²) in [6, 6.07) is 0.630. The molecule has 1 aliphatic heterocycles. The fourth-order valence-electron chi connectivity index (χ4n) is 2.33. The van der Waals surface area contributed by atoms with E-state index in [2.05, 4.69) is 24.3 Å². The van der Waals surface area contributed by atoms with Crippen molar-refractivity contribution in [1.82, 2.24) is 15.1 Å². The van der Waals surface area contributed by atoms with Crippen molar-refractivity contribution in [3.8, 4) is 0 Å². The summed E-state index contributed by atoms with van der Waals surface area (Å²) >= 11 is 8.44. The average Bonchev–Trinajstić information content (AvgIpc) is 2.73. The van der Waals surface area contributed by atoms with Crippen LogP contribution in [0, 0.1) is 0 Å². The van der Waals surface area contributed by atoms with Crippen LogP contribution in [0.4, 0.5) is 0 Å². The van der Waals surface area contributed by atoms with Gasteiger partial charge in [0, 0.05) is 24.9 Å². The second-order valence-corrected chi connectivity index (χ2v) is 6.20. The van der Waals surface area contributed by atoms with Gasteiger partial charge in [-0.3, -0.25) is 4.68 Å². The van der Waals surface area contributed by atoms with Gasteiger partial charge in [-0.05, 0) is 31.9 Å². The lowest BCUT2D eigenvalue weighted by Gasteiger charge is -2.22. The number of halogens is 1. The lowest BCUT2D eigenvalue weighted by molar-refractivity contribution is 0.487. The summed E-state index contributed by atoms with van der Waals surface area (Å²) in [7, 11) is 0. The zero-order chi connectivity index (χ0) is 13.0. The molecule has 0 amide bonds. The molecule has 18 heavy (non-hydrogen) atoms. The summed E-state index contributed by atoms with van der Waals surface area (Å²) in [4.78, 5) is 0. The Labute approximate surface area is 119 Å². The Morgan fingerprint density at radius 1 is 1.50 bits per heavy atom. The monoisotopic (exact) mass is 287 g/mol. The van der Waals surface area contributed by atoms with Crippen LogP contribution in [0.25, 0.3) is 0 Å². The van der Waals surface area contributed by atoms with Crippen molar-refractivity contribution < 1.29 is 0 Å². The molecule has 1 N–H and O–H groups in total. The number of rotatable bonds is 5. The summed E-state index contributed by atoms with van der Waals surface area (Å²) in [6.07, 6.45) is 3.51. The van der Waals surface area contributed by atoms with E-state index < -0.39 is 0 Å². The largest absolute Gasteiger partial charge is 0.308 e. The first-order chi connectivity index (χ1) is 8.76. The number of aryl methyl sites for hydroxylation is 2. The molecule has 1 aromatic heterocycles. The molecule has 1 unspecified atom stereocenters. The van der Waals surface area contributed by atoms with E-state index in [4.69, 9.17) is 11.6 Å². The molecule has 0 aromatic carbocycles. The average molecular weight is 288 g/mol. The molecule has 0 spiro atoms. The molecule has 1 aliphatic rings. The van der Waals surface area contributed by atoms with Gasteiger partial charge in [-0.25, -0.2) is 0 Å². The summed E-state index contributed by atoms with van der Waals surface area (Å²) in [5.74, 6) is 2.53. The third-order valence-corrected chi connectivity index (χ3v) is 5.06. The predicted molar refractivity (Wildman–Crippen MR) is 79.5 cm³/mol. The normalized spacial score (nSPS) is 20.3. The van der Waals surface area contributed by atoms with Gasteiger partial charge in [0.05, 0.1) is 16.4 Å². The number of aromatic nitrogens is 2. The van der Waals surface area contributed by atoms with Gasteiger partial charge < -0.3 is 5.32 Å². The van der Waals surface area contributed by atoms with E-state index in [1.54, 1.807) is 0 Å². The fraction of sp³-hybridized carbons (Fsp3) is 0.769. The van der Waals surface area contributed by atoms with Gasteiger partial charge in [0.2, 0.25) is 0 Å². The molecule has 0 radical (unpaired) electrons. The van der Waals surface area contributed by atoms with Gasteiger partial charge in [-0.2, -0.15) is 16.9 Å². The maximum absolute atomic E-state index is 6.40. The van der Waals surface area contributed by atoms with Crippen LogP contribution in [-0.4, -0.2) is 27.3 Å². The van der Waals surface area contributed by atoms with E-state index >= 15 is 0 Å². The van der Waals surface area contributed by atoms with Gasteiger partial charge in [0.1, 0.15) is 0 Å². The molecule has 2 rings (SSSR count). The van der Waals surface area contributed by atoms with Crippen LogP contribution in [-0.2, 0) is 19.5 Å². The highest BCUT2D eigenvalue weighted by atomic mass is 35.5. The Hall–Kier alpha value is -0.190. The Kier molecular flexibility index (Phi) is 5.39. The van der Waals surface area contributed by atoms with E-state index in [1.165, 1.54) is 24.3 Å². The first-order valence-electron chi connectivity index (χ1n) is 6.81. The van der Waals surface area contributed by atoms with Crippen molar-refractivity contribution in [2.24, 2.45) is 0 Å². The van der Waals surface area contributed by atoms with Gasteiger partial charge in [0.15, 0.2) is 0 Å². The van der Waals surface area contributed by atoms with Crippen LogP contribution in [0.15, 0.2) is 0 Å². The number of nitrogens with one attached hydrogen (secondary N) is 1. The number of hydrogen-bond donors (Lipinski definition) is 1. The molecule has 5 heteroatoms. The molecule has 2 heterocycles. The summed E-state index contributed by atoms with van der Waals surface area (Å²) < 4.78 is 2.03. The van der Waals surface area contributed by atoms with Gasteiger partial charge in [-0.15, -0.1) is 0 Å². The van der Waals surface area contributed by atoms with Crippen molar-refractivity contribution in [3.63, 3.8) is 0 Å². The highest BCUT2D eigenvalue weighted by Gasteiger charge is 2.17. The molecule has 0 aliphatic carbocycles. The van der Waals surface area contributed by atoms with E-state index in [9.17, 15) is 0 Å². The Bertz CT molecular complexity index is 386. The molecular formula is C13H22ClN3S. The Morgan fingerprint density at radius 2 is 2.33 bits per heavy atom. The molecule has 1 saturated heterocycles. The smallest absolute Gasteiger partial charge is 0.0863 e. The van der Waals surface area contributed by atoms with Crippen molar-refractivity contribution in [2.45, 2.75) is 52.2 Å². The highest BCUT2D eigenvalue weighted by molar-refractivity contribution is 7.99. The van der Waals surface area contributed by atoms with Gasteiger partial charge >= 0.3 is 0 Å². The topological polar surface area (TPSA) is 29.9 Å². The highest BCUT2D eigenvalue weighted by Crippen LogP contribution is 2.23. The minimum atomic E-state index is 0.630. The van der Waals surface area contributed by atoms with E-state index in [0.717, 1.165) is 35.9 Å². The predicted octanol–water partition coefficient (Wildman–Crippen LogP) is 3.10. The lowest BCUT2D eigenvalue weighted by atomic mass is 10.2. The number of nitrogens with zero attached hydrogens (tertiary/aromatic N) is 2. The van der Waals surface area contributed by atoms with E-state index in [1.807, 2.05) is 16.4 Å². The third-order valence-electron chi connectivity index (χ3n) is 3.41. The first kappa shape index (κ1) is 14.2. The van der Waals surface area contributed by atoms with E-state index in [-0.39, 0.29) is 0 Å². The minimum absolute atomic E-state index is 0.630. The molecular weight excluding hydrogens is 266 g/mol. The molecule has 1 fully saturated rings. The van der Waals surface area contributed by atoms with Crippen LogP contribution in [0.3, 0.4) is 0 Å². The molecule has 1 atom stereocenters. The SMILES string of the molecule is CCc1nn(CC)c(CNC2CCCSC2)c1Cl. The van der Waals surface area contributed by atoms with Crippen LogP contribution in [0.1, 0.15) is 38.1 Å². The van der Waals surface area contributed by atoms with Crippen molar-refractivity contribution in [1.29, 1.82) is 0 Å². The zero-order valence-electron chi connectivity index (χ0n) is 11.2. The zero-order valence-corrected chi connectivity index (χ0v) is 12.8. The standard InChI is InChI=1S/C13H22ClN3S/c1-3-11-13(14)12(17(4-2)16-11)8-15-10-6-5-7-18-9-10/h10,15H,3-9H2,1-2H3. The van der Waals surface area contributed by atoms with Crippen molar-refractivity contribution >= 4 is 23.4 Å². The van der Waals surface area contributed by atoms with Crippen LogP contribution in [0.5, 0.6) is 0 Å². The number of thioether (sulfide) groups is 1. The second kappa shape index (κ2) is 6.83. The summed E-state index contributed by atoms with van der Waals surface area (Å²) in [6.45, 7) is 5.94. The minimum Gasteiger partial charge on any atom is -0.308 e. The summed E-state index contributed by atoms with van der Waals surface area (Å²) in [5, 5.41) is 9.03. The Balaban J connectivity index is 2.01. The quantitative estimate of drug-likeness (QED) is 0.902. The van der Waals surface area contributed by atoms with Crippen molar-refractivity contribution in [3.05, 3.63) is 16.4 Å². The second-order valence-electron chi connectivity index (χ2n) is 4.67. The molecule has 0 bridgehead atoms. The van der Waals surface area contributed by atoms with Crippen LogP contribution < -0.4 is 5.32 Å². The van der Waals surface area contributed by atoms with Crippen molar-refractivity contribution in [2.75, 3.05) is 11.5 Å². The molecule has 3 nitrogen and oxygen atoms in total. The molecule has 0 saturated carbocycles. The summed E-state index contributed by atoms with van der Waals surface area (Å²) in [5.41, 5.74) is 2.17.